The molecule has 0 aliphatic heterocycles. The molecular formula is C11H8ClNO. The van der Waals surface area contributed by atoms with Crippen molar-refractivity contribution in [3.05, 3.63) is 41.0 Å². The highest BCUT2D eigenvalue weighted by Crippen LogP contribution is 2.22. The molecule has 2 rings (SSSR count). The summed E-state index contributed by atoms with van der Waals surface area (Å²) in [6.45, 7) is 1.53. The van der Waals surface area contributed by atoms with Crippen LogP contribution in [0.15, 0.2) is 30.5 Å². The van der Waals surface area contributed by atoms with Gasteiger partial charge in [0, 0.05) is 17.1 Å². The average molecular weight is 206 g/mol. The topological polar surface area (TPSA) is 30.0 Å². The lowest BCUT2D eigenvalue weighted by atomic mass is 10.1. The van der Waals surface area contributed by atoms with Gasteiger partial charge in [-0.05, 0) is 31.2 Å². The number of halogens is 1. The Morgan fingerprint density at radius 1 is 1.36 bits per heavy atom. The second-order valence-corrected chi connectivity index (χ2v) is 3.49. The summed E-state index contributed by atoms with van der Waals surface area (Å²) in [5, 5.41) is 1.44. The number of aromatic nitrogens is 1. The van der Waals surface area contributed by atoms with Crippen LogP contribution in [0.4, 0.5) is 0 Å². The minimum atomic E-state index is 0.0341. The lowest BCUT2D eigenvalue weighted by molar-refractivity contribution is 0.101. The Bertz CT molecular complexity index is 508. The number of hydrogen-bond acceptors (Lipinski definition) is 2. The fraction of sp³-hybridized carbons (Fsp3) is 0.0909. The van der Waals surface area contributed by atoms with Crippen molar-refractivity contribution in [2.45, 2.75) is 6.92 Å². The smallest absolute Gasteiger partial charge is 0.159 e. The zero-order chi connectivity index (χ0) is 10.1. The van der Waals surface area contributed by atoms with Crippen molar-refractivity contribution < 1.29 is 4.79 Å². The fourth-order valence-corrected chi connectivity index (χ4v) is 1.54. The first-order valence-corrected chi connectivity index (χ1v) is 4.61. The Kier molecular flexibility index (Phi) is 2.22. The van der Waals surface area contributed by atoms with E-state index in [1.807, 2.05) is 0 Å². The van der Waals surface area contributed by atoms with E-state index in [2.05, 4.69) is 4.98 Å². The minimum absolute atomic E-state index is 0.0341. The molecule has 1 aromatic heterocycles. The summed E-state index contributed by atoms with van der Waals surface area (Å²) in [7, 11) is 0. The van der Waals surface area contributed by atoms with Gasteiger partial charge in [-0.25, -0.2) is 0 Å². The monoisotopic (exact) mass is 205 g/mol. The molecule has 0 radical (unpaired) electrons. The fourth-order valence-electron chi connectivity index (χ4n) is 1.33. The van der Waals surface area contributed by atoms with E-state index in [1.165, 1.54) is 6.92 Å². The maximum Gasteiger partial charge on any atom is 0.159 e. The third-order valence-corrected chi connectivity index (χ3v) is 2.42. The summed E-state index contributed by atoms with van der Waals surface area (Å²) in [5.41, 5.74) is 1.47. The van der Waals surface area contributed by atoms with Gasteiger partial charge in [0.1, 0.15) is 0 Å². The largest absolute Gasteiger partial charge is 0.295 e. The number of nitrogens with zero attached hydrogens (tertiary/aromatic N) is 1. The third-order valence-electron chi connectivity index (χ3n) is 2.09. The van der Waals surface area contributed by atoms with E-state index in [-0.39, 0.29) is 5.78 Å². The normalized spacial score (nSPS) is 10.4. The Hall–Kier alpha value is -1.41. The van der Waals surface area contributed by atoms with Crippen LogP contribution in [-0.2, 0) is 0 Å². The van der Waals surface area contributed by atoms with Gasteiger partial charge in [-0.3, -0.25) is 9.78 Å². The average Bonchev–Trinajstić information content (AvgIpc) is 2.18. The summed E-state index contributed by atoms with van der Waals surface area (Å²) in [5.74, 6) is 0.0341. The molecule has 70 valence electrons. The maximum absolute atomic E-state index is 11.1. The van der Waals surface area contributed by atoms with E-state index in [0.717, 1.165) is 10.9 Å². The van der Waals surface area contributed by atoms with Crippen LogP contribution in [0.1, 0.15) is 17.3 Å². The van der Waals surface area contributed by atoms with Gasteiger partial charge < -0.3 is 0 Å². The van der Waals surface area contributed by atoms with Gasteiger partial charge in [-0.1, -0.05) is 11.6 Å². The summed E-state index contributed by atoms with van der Waals surface area (Å²) in [4.78, 5) is 15.3. The molecule has 0 N–H and O–H groups in total. The number of carbonyl (C=O) groups excluding carboxylic acids is 1. The number of fused-ring (bicyclic) bond motifs is 1. The molecule has 0 unspecified atom stereocenters. The van der Waals surface area contributed by atoms with E-state index in [4.69, 9.17) is 11.6 Å². The second-order valence-electron chi connectivity index (χ2n) is 3.08. The lowest BCUT2D eigenvalue weighted by Gasteiger charge is -2.01. The molecule has 0 saturated carbocycles. The first kappa shape index (κ1) is 9.16. The summed E-state index contributed by atoms with van der Waals surface area (Å²) < 4.78 is 0. The minimum Gasteiger partial charge on any atom is -0.295 e. The van der Waals surface area contributed by atoms with Gasteiger partial charge in [-0.2, -0.15) is 0 Å². The molecular weight excluding hydrogens is 198 g/mol. The van der Waals surface area contributed by atoms with Crippen LogP contribution in [-0.4, -0.2) is 10.8 Å². The molecule has 0 atom stereocenters. The molecule has 0 saturated heterocycles. The molecule has 0 amide bonds. The van der Waals surface area contributed by atoms with Crippen LogP contribution in [0.2, 0.25) is 5.02 Å². The van der Waals surface area contributed by atoms with E-state index < -0.39 is 0 Å². The van der Waals surface area contributed by atoms with E-state index in [9.17, 15) is 4.79 Å². The van der Waals surface area contributed by atoms with Crippen LogP contribution in [0.3, 0.4) is 0 Å². The third kappa shape index (κ3) is 1.49. The van der Waals surface area contributed by atoms with Gasteiger partial charge >= 0.3 is 0 Å². The number of carbonyl (C=O) groups is 1. The van der Waals surface area contributed by atoms with Crippen molar-refractivity contribution >= 4 is 28.3 Å². The zero-order valence-corrected chi connectivity index (χ0v) is 8.38. The molecule has 0 aliphatic carbocycles. The van der Waals surface area contributed by atoms with Crippen molar-refractivity contribution in [1.82, 2.24) is 4.98 Å². The molecule has 0 fully saturated rings. The van der Waals surface area contributed by atoms with Gasteiger partial charge in [0.05, 0.1) is 10.5 Å². The molecule has 1 aromatic carbocycles. The van der Waals surface area contributed by atoms with Crippen molar-refractivity contribution in [2.24, 2.45) is 0 Å². The van der Waals surface area contributed by atoms with Crippen LogP contribution in [0.5, 0.6) is 0 Å². The molecule has 2 nitrogen and oxygen atoms in total. The SMILES string of the molecule is CC(=O)c1ccc2nccc(Cl)c2c1. The van der Waals surface area contributed by atoms with Crippen molar-refractivity contribution in [3.63, 3.8) is 0 Å². The molecule has 0 bridgehead atoms. The molecule has 14 heavy (non-hydrogen) atoms. The Labute approximate surface area is 86.5 Å². The van der Waals surface area contributed by atoms with Gasteiger partial charge in [0.2, 0.25) is 0 Å². The second kappa shape index (κ2) is 3.39. The Morgan fingerprint density at radius 3 is 2.86 bits per heavy atom. The molecule has 0 spiro atoms. The predicted molar refractivity (Wildman–Crippen MR) is 56.8 cm³/mol. The van der Waals surface area contributed by atoms with Crippen LogP contribution in [0.25, 0.3) is 10.9 Å². The van der Waals surface area contributed by atoms with Crippen LogP contribution >= 0.6 is 11.6 Å². The van der Waals surface area contributed by atoms with Gasteiger partial charge in [0.25, 0.3) is 0 Å². The van der Waals surface area contributed by atoms with Gasteiger partial charge in [-0.15, -0.1) is 0 Å². The van der Waals surface area contributed by atoms with Gasteiger partial charge in [0.15, 0.2) is 5.78 Å². The zero-order valence-electron chi connectivity index (χ0n) is 7.62. The Balaban J connectivity index is 2.76. The van der Waals surface area contributed by atoms with Crippen molar-refractivity contribution in [1.29, 1.82) is 0 Å². The maximum atomic E-state index is 11.1. The Morgan fingerprint density at radius 2 is 2.14 bits per heavy atom. The predicted octanol–water partition coefficient (Wildman–Crippen LogP) is 3.09. The van der Waals surface area contributed by atoms with E-state index in [0.29, 0.717) is 10.6 Å². The quantitative estimate of drug-likeness (QED) is 0.670. The highest BCUT2D eigenvalue weighted by Gasteiger charge is 2.03. The summed E-state index contributed by atoms with van der Waals surface area (Å²) >= 11 is 5.98. The summed E-state index contributed by atoms with van der Waals surface area (Å²) in [6.07, 6.45) is 1.65. The number of rotatable bonds is 1. The molecule has 1 heterocycles. The first-order chi connectivity index (χ1) is 6.68. The van der Waals surface area contributed by atoms with E-state index in [1.54, 1.807) is 30.5 Å². The molecule has 0 aliphatic rings. The summed E-state index contributed by atoms with van der Waals surface area (Å²) in [6, 6.07) is 7.05. The standard InChI is InChI=1S/C11H8ClNO/c1-7(14)8-2-3-11-9(6-8)10(12)4-5-13-11/h2-6H,1H3. The molecule has 3 heteroatoms. The van der Waals surface area contributed by atoms with E-state index >= 15 is 0 Å². The van der Waals surface area contributed by atoms with Crippen LogP contribution < -0.4 is 0 Å². The highest BCUT2D eigenvalue weighted by atomic mass is 35.5. The number of benzene rings is 1. The number of pyridine rings is 1. The number of hydrogen-bond donors (Lipinski definition) is 0. The van der Waals surface area contributed by atoms with Crippen LogP contribution in [0, 0.1) is 0 Å². The number of ketones is 1. The van der Waals surface area contributed by atoms with Crippen molar-refractivity contribution in [2.75, 3.05) is 0 Å². The molecule has 2 aromatic rings. The number of Topliss-reactive ketones (excluding diaryl/α,β-unsaturated/α-hetero) is 1. The van der Waals surface area contributed by atoms with Crippen molar-refractivity contribution in [3.8, 4) is 0 Å². The first-order valence-electron chi connectivity index (χ1n) is 4.23. The lowest BCUT2D eigenvalue weighted by Crippen LogP contribution is -1.91. The highest BCUT2D eigenvalue weighted by molar-refractivity contribution is 6.35.